The van der Waals surface area contributed by atoms with Crippen LogP contribution in [0.25, 0.3) is 22.5 Å². The predicted octanol–water partition coefficient (Wildman–Crippen LogP) is 8.61. The van der Waals surface area contributed by atoms with Crippen molar-refractivity contribution in [3.8, 4) is 40.2 Å². The number of benzene rings is 1. The summed E-state index contributed by atoms with van der Waals surface area (Å²) >= 11 is 0. The standard InChI is InChI=1S/C60H72N14O7/c1-40-37-71(58-65-34-44(35-66-58)47-23-22-46-54(77)60(5,6)74(55(46)67-47)38-43-18-16-27-62-49(43)32-61)29-30-73(40)53(76)36-63-51(75)20-13-11-9-7-8-10-12-14-28-72-39-50(69-70-72)41-17-15-19-45(31-41)81-52-24-21-42(33-64-52)56(78)68-48(57(79)80)25-26-59(2,3)4/h15-19,21-24,27,31,33-35,39-40,48H,7-14,20,25-26,28-30,36-38H2,1-6H3,(H,63,75)(H,68,78)(H,79,80)/t40-,48+/m1/s1. The first-order valence-electron chi connectivity index (χ1n) is 27.9. The van der Waals surface area contributed by atoms with Crippen molar-refractivity contribution in [1.29, 1.82) is 5.26 Å². The van der Waals surface area contributed by atoms with Gasteiger partial charge in [0, 0.05) is 92.7 Å². The Morgan fingerprint density at radius 3 is 2.33 bits per heavy atom. The van der Waals surface area contributed by atoms with Gasteiger partial charge in [-0.3, -0.25) is 23.9 Å². The number of hydrogen-bond donors (Lipinski definition) is 3. The van der Waals surface area contributed by atoms with Gasteiger partial charge in [0.1, 0.15) is 35.1 Å². The van der Waals surface area contributed by atoms with E-state index < -0.39 is 23.5 Å². The lowest BCUT2D eigenvalue weighted by Gasteiger charge is -2.39. The molecule has 2 aliphatic heterocycles. The molecular weight excluding hydrogens is 1030 g/mol. The molecule has 1 fully saturated rings. The van der Waals surface area contributed by atoms with Crippen LogP contribution in [-0.4, -0.2) is 123 Å². The first-order valence-corrected chi connectivity index (χ1v) is 27.9. The molecule has 424 valence electrons. The van der Waals surface area contributed by atoms with Gasteiger partial charge < -0.3 is 35.2 Å². The van der Waals surface area contributed by atoms with E-state index in [4.69, 9.17) is 9.72 Å². The van der Waals surface area contributed by atoms with Crippen LogP contribution in [0.15, 0.2) is 91.6 Å². The van der Waals surface area contributed by atoms with E-state index in [0.29, 0.717) is 96.7 Å². The number of piperazine rings is 1. The lowest BCUT2D eigenvalue weighted by Crippen LogP contribution is -2.56. The molecule has 21 heteroatoms. The molecule has 21 nitrogen and oxygen atoms in total. The number of carbonyl (C=O) groups excluding carboxylic acids is 4. The predicted molar refractivity (Wildman–Crippen MR) is 304 cm³/mol. The molecular formula is C60H72N14O7. The molecule has 8 rings (SSSR count). The Morgan fingerprint density at radius 2 is 1.63 bits per heavy atom. The molecule has 0 radical (unpaired) electrons. The zero-order chi connectivity index (χ0) is 57.7. The summed E-state index contributed by atoms with van der Waals surface area (Å²) in [4.78, 5) is 92.4. The number of nitrogens with zero attached hydrogens (tertiary/aromatic N) is 12. The Morgan fingerprint density at radius 1 is 0.877 bits per heavy atom. The molecule has 1 aromatic carbocycles. The summed E-state index contributed by atoms with van der Waals surface area (Å²) in [7, 11) is 0. The SMILES string of the molecule is C[C@@H]1CN(c2ncc(-c3ccc4c(n3)N(Cc3cccnc3C#N)C(C)(C)C4=O)cn2)CCN1C(=O)CNC(=O)CCCCCCCCCCn1cc(-c2cccc(Oc3ccc(C(=O)N[C@@H](CCC(C)(C)C)C(=O)O)cn3)c2)nn1. The number of ether oxygens (including phenoxy) is 1. The van der Waals surface area contributed by atoms with Crippen molar-refractivity contribution in [1.82, 2.24) is 55.4 Å². The van der Waals surface area contributed by atoms with Gasteiger partial charge in [-0.05, 0) is 88.3 Å². The zero-order valence-corrected chi connectivity index (χ0v) is 47.1. The van der Waals surface area contributed by atoms with Crippen LogP contribution in [0.1, 0.15) is 144 Å². The summed E-state index contributed by atoms with van der Waals surface area (Å²) in [5.74, 6) is -0.000694. The van der Waals surface area contributed by atoms with Crippen LogP contribution in [0.2, 0.25) is 0 Å². The van der Waals surface area contributed by atoms with Crippen molar-refractivity contribution < 1.29 is 33.8 Å². The third kappa shape index (κ3) is 15.4. The molecule has 3 N–H and O–H groups in total. The monoisotopic (exact) mass is 1100 g/mol. The number of carboxylic acids is 1. The first kappa shape index (κ1) is 58.5. The second kappa shape index (κ2) is 26.5. The summed E-state index contributed by atoms with van der Waals surface area (Å²) < 4.78 is 7.81. The van der Waals surface area contributed by atoms with Crippen molar-refractivity contribution in [3.63, 3.8) is 0 Å². The highest BCUT2D eigenvalue weighted by Crippen LogP contribution is 2.40. The van der Waals surface area contributed by atoms with E-state index in [0.717, 1.165) is 63.5 Å². The molecule has 0 spiro atoms. The van der Waals surface area contributed by atoms with Gasteiger partial charge in [0.25, 0.3) is 5.91 Å². The number of ketones is 1. The quantitative estimate of drug-likeness (QED) is 0.0453. The highest BCUT2D eigenvalue weighted by Gasteiger charge is 2.45. The first-order chi connectivity index (χ1) is 38.9. The minimum Gasteiger partial charge on any atom is -0.480 e. The van der Waals surface area contributed by atoms with Crippen LogP contribution in [-0.2, 0) is 27.5 Å². The molecule has 3 amide bonds. The number of carboxylic acid groups (broad SMARTS) is 1. The third-order valence-corrected chi connectivity index (χ3v) is 14.7. The molecule has 7 heterocycles. The largest absolute Gasteiger partial charge is 0.480 e. The number of rotatable bonds is 25. The number of aromatic nitrogens is 8. The number of unbranched alkanes of at least 4 members (excludes halogenated alkanes) is 7. The number of nitrogens with one attached hydrogen (secondary N) is 2. The molecule has 0 unspecified atom stereocenters. The Hall–Kier alpha value is -8.67. The Bertz CT molecular complexity index is 3220. The smallest absolute Gasteiger partial charge is 0.326 e. The second-order valence-corrected chi connectivity index (χ2v) is 22.5. The van der Waals surface area contributed by atoms with Crippen LogP contribution >= 0.6 is 0 Å². The normalized spacial score (nSPS) is 15.2. The summed E-state index contributed by atoms with van der Waals surface area (Å²) in [6, 6.07) is 18.7. The number of aliphatic carboxylic acids is 1. The Balaban J connectivity index is 0.675. The summed E-state index contributed by atoms with van der Waals surface area (Å²) in [5.41, 5.74) is 3.65. The molecule has 0 bridgehead atoms. The fraction of sp³-hybridized carbons (Fsp3) is 0.450. The van der Waals surface area contributed by atoms with E-state index in [9.17, 15) is 34.3 Å². The van der Waals surface area contributed by atoms with E-state index in [1.807, 2.05) is 86.5 Å². The molecule has 5 aromatic heterocycles. The highest BCUT2D eigenvalue weighted by molar-refractivity contribution is 6.13. The van der Waals surface area contributed by atoms with Crippen molar-refractivity contribution in [2.24, 2.45) is 5.41 Å². The minimum atomic E-state index is -1.08. The molecule has 2 aliphatic rings. The van der Waals surface area contributed by atoms with Crippen LogP contribution in [0.3, 0.4) is 0 Å². The van der Waals surface area contributed by atoms with E-state index in [-0.39, 0.29) is 47.0 Å². The lowest BCUT2D eigenvalue weighted by atomic mass is 9.88. The van der Waals surface area contributed by atoms with E-state index in [2.05, 4.69) is 47.0 Å². The second-order valence-electron chi connectivity index (χ2n) is 22.5. The average molecular weight is 1100 g/mol. The number of anilines is 2. The number of aryl methyl sites for hydroxylation is 1. The lowest BCUT2D eigenvalue weighted by molar-refractivity contribution is -0.139. The molecule has 81 heavy (non-hydrogen) atoms. The number of pyridine rings is 3. The molecule has 2 atom stereocenters. The third-order valence-electron chi connectivity index (χ3n) is 14.7. The maximum absolute atomic E-state index is 13.5. The van der Waals surface area contributed by atoms with Gasteiger partial charge in [0.15, 0.2) is 5.78 Å². The van der Waals surface area contributed by atoms with Gasteiger partial charge in [-0.1, -0.05) is 82.7 Å². The van der Waals surface area contributed by atoms with Crippen LogP contribution in [0, 0.1) is 16.7 Å². The summed E-state index contributed by atoms with van der Waals surface area (Å²) in [6.45, 7) is 14.3. The maximum Gasteiger partial charge on any atom is 0.326 e. The van der Waals surface area contributed by atoms with Crippen molar-refractivity contribution in [2.75, 3.05) is 36.0 Å². The van der Waals surface area contributed by atoms with Gasteiger partial charge in [0.2, 0.25) is 23.6 Å². The van der Waals surface area contributed by atoms with Gasteiger partial charge >= 0.3 is 5.97 Å². The zero-order valence-electron chi connectivity index (χ0n) is 47.1. The number of fused-ring (bicyclic) bond motifs is 1. The van der Waals surface area contributed by atoms with Crippen molar-refractivity contribution in [3.05, 3.63) is 114 Å². The fourth-order valence-electron chi connectivity index (χ4n) is 9.96. The minimum absolute atomic E-state index is 0.0415. The van der Waals surface area contributed by atoms with Crippen LogP contribution in [0.4, 0.5) is 11.8 Å². The van der Waals surface area contributed by atoms with Crippen LogP contribution < -0.4 is 25.2 Å². The molecule has 0 saturated carbocycles. The van der Waals surface area contributed by atoms with Gasteiger partial charge in [0.05, 0.1) is 35.1 Å². The number of Topliss-reactive ketones (excluding diaryl/α,β-unsaturated/α-hetero) is 1. The molecule has 1 saturated heterocycles. The highest BCUT2D eigenvalue weighted by atomic mass is 16.5. The topological polar surface area (TPSA) is 268 Å². The summed E-state index contributed by atoms with van der Waals surface area (Å²) in [5, 5.41) is 33.4. The maximum atomic E-state index is 13.5. The number of amides is 3. The number of carbonyl (C=O) groups is 5. The summed E-state index contributed by atoms with van der Waals surface area (Å²) in [6.07, 6.45) is 17.7. The van der Waals surface area contributed by atoms with Crippen molar-refractivity contribution >= 4 is 41.2 Å². The van der Waals surface area contributed by atoms with E-state index in [1.165, 1.54) is 6.20 Å². The average Bonchev–Trinajstić information content (AvgIpc) is 3.77. The molecule has 6 aromatic rings. The number of hydrogen-bond acceptors (Lipinski definition) is 16. The van der Waals surface area contributed by atoms with Gasteiger partial charge in [-0.2, -0.15) is 5.26 Å². The Kier molecular flexibility index (Phi) is 19.2. The Labute approximate surface area is 472 Å². The van der Waals surface area contributed by atoms with Gasteiger partial charge in [-0.15, -0.1) is 5.10 Å². The van der Waals surface area contributed by atoms with Gasteiger partial charge in [-0.25, -0.2) is 29.7 Å². The fourth-order valence-corrected chi connectivity index (χ4v) is 9.96. The van der Waals surface area contributed by atoms with E-state index >= 15 is 0 Å². The molecule has 0 aliphatic carbocycles. The van der Waals surface area contributed by atoms with Crippen molar-refractivity contribution in [2.45, 2.75) is 143 Å². The van der Waals surface area contributed by atoms with E-state index in [1.54, 1.807) is 59.9 Å². The number of nitriles is 1. The van der Waals surface area contributed by atoms with Crippen LogP contribution in [0.5, 0.6) is 11.6 Å².